The van der Waals surface area contributed by atoms with Crippen LogP contribution in [0.1, 0.15) is 25.0 Å². The van der Waals surface area contributed by atoms with Gasteiger partial charge >= 0.3 is 0 Å². The highest BCUT2D eigenvalue weighted by Crippen LogP contribution is 2.52. The Bertz CT molecular complexity index is 3560. The number of aromatic nitrogens is 2. The van der Waals surface area contributed by atoms with Crippen LogP contribution in [0.5, 0.6) is 0 Å². The molecular formula is C61H42N2O. The van der Waals surface area contributed by atoms with Gasteiger partial charge in [0, 0.05) is 38.4 Å². The number of para-hydroxylation sites is 2. The molecule has 302 valence electrons. The molecule has 0 fully saturated rings. The van der Waals surface area contributed by atoms with Crippen molar-refractivity contribution in [1.29, 1.82) is 0 Å². The van der Waals surface area contributed by atoms with Gasteiger partial charge in [0.25, 0.3) is 0 Å². The largest absolute Gasteiger partial charge is 0.455 e. The van der Waals surface area contributed by atoms with Gasteiger partial charge in [-0.1, -0.05) is 196 Å². The minimum Gasteiger partial charge on any atom is -0.455 e. The molecule has 3 heteroatoms. The first-order chi connectivity index (χ1) is 31.5. The second-order valence-corrected chi connectivity index (χ2v) is 17.3. The minimum absolute atomic E-state index is 0.0620. The first kappa shape index (κ1) is 37.6. The van der Waals surface area contributed by atoms with Gasteiger partial charge in [-0.3, -0.25) is 0 Å². The van der Waals surface area contributed by atoms with E-state index in [2.05, 4.69) is 202 Å². The maximum absolute atomic E-state index is 6.63. The molecule has 1 aliphatic carbocycles. The van der Waals surface area contributed by atoms with Crippen molar-refractivity contribution in [1.82, 2.24) is 9.97 Å². The summed E-state index contributed by atoms with van der Waals surface area (Å²) in [7, 11) is 0. The van der Waals surface area contributed by atoms with Crippen molar-refractivity contribution >= 4 is 21.9 Å². The summed E-state index contributed by atoms with van der Waals surface area (Å²) in [5, 5.41) is 2.20. The van der Waals surface area contributed by atoms with Crippen LogP contribution in [0, 0.1) is 0 Å². The van der Waals surface area contributed by atoms with E-state index in [1.165, 1.54) is 38.9 Å². The Morgan fingerprint density at radius 3 is 1.69 bits per heavy atom. The normalized spacial score (nSPS) is 12.7. The van der Waals surface area contributed by atoms with Crippen molar-refractivity contribution in [2.45, 2.75) is 19.3 Å². The average Bonchev–Trinajstić information content (AvgIpc) is 3.86. The fourth-order valence-corrected chi connectivity index (χ4v) is 9.86. The molecule has 11 aromatic rings. The third-order valence-corrected chi connectivity index (χ3v) is 13.1. The zero-order valence-electron chi connectivity index (χ0n) is 35.6. The van der Waals surface area contributed by atoms with E-state index in [0.717, 1.165) is 77.8 Å². The van der Waals surface area contributed by atoms with Gasteiger partial charge in [-0.2, -0.15) is 0 Å². The first-order valence-corrected chi connectivity index (χ1v) is 22.0. The lowest BCUT2D eigenvalue weighted by molar-refractivity contribution is 0.660. The Hall–Kier alpha value is -8.14. The predicted octanol–water partition coefficient (Wildman–Crippen LogP) is 16.4. The molecule has 2 heterocycles. The van der Waals surface area contributed by atoms with E-state index in [4.69, 9.17) is 14.4 Å². The van der Waals surface area contributed by atoms with Crippen LogP contribution in [0.25, 0.3) is 111 Å². The maximum Gasteiger partial charge on any atom is 0.160 e. The molecule has 0 radical (unpaired) electrons. The smallest absolute Gasteiger partial charge is 0.160 e. The molecular weight excluding hydrogens is 777 g/mol. The lowest BCUT2D eigenvalue weighted by Crippen LogP contribution is -2.14. The van der Waals surface area contributed by atoms with E-state index in [9.17, 15) is 0 Å². The number of benzene rings is 9. The average molecular weight is 819 g/mol. The summed E-state index contributed by atoms with van der Waals surface area (Å²) >= 11 is 0. The van der Waals surface area contributed by atoms with E-state index in [1.807, 2.05) is 30.3 Å². The van der Waals surface area contributed by atoms with Crippen molar-refractivity contribution in [2.75, 3.05) is 0 Å². The zero-order valence-corrected chi connectivity index (χ0v) is 35.6. The molecule has 12 rings (SSSR count). The zero-order chi connectivity index (χ0) is 42.8. The number of furan rings is 1. The molecule has 9 aromatic carbocycles. The van der Waals surface area contributed by atoms with Crippen molar-refractivity contribution in [3.05, 3.63) is 230 Å². The second kappa shape index (κ2) is 15.0. The van der Waals surface area contributed by atoms with Crippen molar-refractivity contribution in [2.24, 2.45) is 0 Å². The molecule has 0 amide bonds. The first-order valence-electron chi connectivity index (χ1n) is 22.0. The lowest BCUT2D eigenvalue weighted by atomic mass is 9.82. The highest BCUT2D eigenvalue weighted by atomic mass is 16.3. The lowest BCUT2D eigenvalue weighted by Gasteiger charge is -2.21. The van der Waals surface area contributed by atoms with Gasteiger partial charge in [0.1, 0.15) is 11.2 Å². The summed E-state index contributed by atoms with van der Waals surface area (Å²) in [5.41, 5.74) is 20.8. The molecule has 0 saturated carbocycles. The number of hydrogen-bond donors (Lipinski definition) is 0. The molecule has 0 saturated heterocycles. The van der Waals surface area contributed by atoms with Gasteiger partial charge < -0.3 is 4.42 Å². The van der Waals surface area contributed by atoms with E-state index >= 15 is 0 Å². The SMILES string of the molecule is CC1(C)c2ccccc2-c2c(-c3ccc(-c4cc(-c5cc(-c6cccc(-c7ccccc7)c6)cc(-c6cccc7c6oc6ccccc67)c5)nc(-c5ccccc5)n4)cc3)cccc21. The van der Waals surface area contributed by atoms with Gasteiger partial charge in [-0.25, -0.2) is 9.97 Å². The monoisotopic (exact) mass is 818 g/mol. The van der Waals surface area contributed by atoms with Crippen LogP contribution < -0.4 is 0 Å². The van der Waals surface area contributed by atoms with Gasteiger partial charge in [-0.05, 0) is 97.6 Å². The molecule has 0 N–H and O–H groups in total. The second-order valence-electron chi connectivity index (χ2n) is 17.3. The predicted molar refractivity (Wildman–Crippen MR) is 265 cm³/mol. The summed E-state index contributed by atoms with van der Waals surface area (Å²) in [6, 6.07) is 77.8. The minimum atomic E-state index is -0.0620. The molecule has 0 atom stereocenters. The van der Waals surface area contributed by atoms with Crippen molar-refractivity contribution < 1.29 is 4.42 Å². The van der Waals surface area contributed by atoms with E-state index in [-0.39, 0.29) is 5.41 Å². The van der Waals surface area contributed by atoms with Gasteiger partial charge in [-0.15, -0.1) is 0 Å². The van der Waals surface area contributed by atoms with Gasteiger partial charge in [0.2, 0.25) is 0 Å². The molecule has 64 heavy (non-hydrogen) atoms. The molecule has 2 aromatic heterocycles. The summed E-state index contributed by atoms with van der Waals surface area (Å²) in [6.45, 7) is 4.67. The van der Waals surface area contributed by atoms with E-state index in [0.29, 0.717) is 5.82 Å². The Kier molecular flexibility index (Phi) is 8.84. The van der Waals surface area contributed by atoms with Crippen LogP contribution in [0.3, 0.4) is 0 Å². The van der Waals surface area contributed by atoms with Crippen LogP contribution in [-0.4, -0.2) is 9.97 Å². The Labute approximate surface area is 373 Å². The third kappa shape index (κ3) is 6.36. The Morgan fingerprint density at radius 1 is 0.344 bits per heavy atom. The van der Waals surface area contributed by atoms with Crippen LogP contribution >= 0.6 is 0 Å². The standard InChI is InChI=1S/C61H42N2O/c1-61(2)53-27-11-9-23-52(53)58-48(24-15-28-54(58)61)40-30-32-41(33-31-40)55-38-56(63-60(62-55)42-18-7-4-8-19-42)47-36-45(44-21-13-20-43(34-44)39-16-5-3-6-17-39)35-46(37-47)49-25-14-26-51-50-22-10-12-29-57(50)64-59(49)51/h3-38H,1-2H3. The Morgan fingerprint density at radius 2 is 0.875 bits per heavy atom. The topological polar surface area (TPSA) is 38.9 Å². The number of fused-ring (bicyclic) bond motifs is 6. The quantitative estimate of drug-likeness (QED) is 0.161. The van der Waals surface area contributed by atoms with Crippen LogP contribution in [0.4, 0.5) is 0 Å². The van der Waals surface area contributed by atoms with Crippen LogP contribution in [0.2, 0.25) is 0 Å². The molecule has 0 bridgehead atoms. The molecule has 0 aliphatic heterocycles. The Balaban J connectivity index is 1.03. The number of nitrogens with zero attached hydrogens (tertiary/aromatic N) is 2. The van der Waals surface area contributed by atoms with Gasteiger partial charge in [0.05, 0.1) is 11.4 Å². The molecule has 0 unspecified atom stereocenters. The molecule has 0 spiro atoms. The van der Waals surface area contributed by atoms with Crippen molar-refractivity contribution in [3.63, 3.8) is 0 Å². The highest BCUT2D eigenvalue weighted by Gasteiger charge is 2.36. The van der Waals surface area contributed by atoms with Gasteiger partial charge in [0.15, 0.2) is 5.82 Å². The molecule has 1 aliphatic rings. The highest BCUT2D eigenvalue weighted by molar-refractivity contribution is 6.10. The maximum atomic E-state index is 6.63. The summed E-state index contributed by atoms with van der Waals surface area (Å²) in [5.74, 6) is 0.675. The summed E-state index contributed by atoms with van der Waals surface area (Å²) in [4.78, 5) is 10.6. The van der Waals surface area contributed by atoms with Crippen molar-refractivity contribution in [3.8, 4) is 89.5 Å². The van der Waals surface area contributed by atoms with Crippen LogP contribution in [-0.2, 0) is 5.41 Å². The fraction of sp³-hybridized carbons (Fsp3) is 0.0492. The summed E-state index contributed by atoms with van der Waals surface area (Å²) in [6.07, 6.45) is 0. The number of hydrogen-bond acceptors (Lipinski definition) is 3. The number of rotatable bonds is 7. The van der Waals surface area contributed by atoms with Crippen LogP contribution in [0.15, 0.2) is 223 Å². The van der Waals surface area contributed by atoms with E-state index < -0.39 is 0 Å². The third-order valence-electron chi connectivity index (χ3n) is 13.1. The summed E-state index contributed by atoms with van der Waals surface area (Å²) < 4.78 is 6.63. The fourth-order valence-electron chi connectivity index (χ4n) is 9.86. The molecule has 3 nitrogen and oxygen atoms in total. The van der Waals surface area contributed by atoms with E-state index in [1.54, 1.807) is 0 Å².